The van der Waals surface area contributed by atoms with E-state index in [4.69, 9.17) is 9.47 Å². The molecular weight excluding hydrogens is 500 g/mol. The summed E-state index contributed by atoms with van der Waals surface area (Å²) >= 11 is 0. The lowest BCUT2D eigenvalue weighted by molar-refractivity contribution is -0.0420. The first kappa shape index (κ1) is 26.8. The highest BCUT2D eigenvalue weighted by Crippen LogP contribution is 2.65. The molecule has 8 rings (SSSR count). The molecule has 216 valence electrons. The molecule has 6 heteroatoms. The number of nitrogens with zero attached hydrogens (tertiary/aromatic N) is 2. The standard InChI is InChI=1S/C34H46N2O4/c1-22(37)7-9-35-18-26-16-28(3-5-32(26)39-20-35)34(30-12-24-11-25(14-30)15-31(34)13-24)29-4-6-33-27(17-29)19-36(21-40-33)10-8-23(2)38/h3-6,16-17,22-25,30-31,37-38H,7-15,18-21H2,1-2H3. The van der Waals surface area contributed by atoms with Gasteiger partial charge in [0.1, 0.15) is 25.0 Å². The molecule has 0 radical (unpaired) electrons. The van der Waals surface area contributed by atoms with Gasteiger partial charge in [-0.25, -0.2) is 0 Å². The van der Waals surface area contributed by atoms with Crippen LogP contribution in [0.3, 0.4) is 0 Å². The van der Waals surface area contributed by atoms with Gasteiger partial charge in [0.05, 0.1) is 12.2 Å². The van der Waals surface area contributed by atoms with Crippen molar-refractivity contribution in [2.45, 2.75) is 89.5 Å². The van der Waals surface area contributed by atoms with Gasteiger partial charge in [-0.2, -0.15) is 0 Å². The Labute approximate surface area is 239 Å². The van der Waals surface area contributed by atoms with E-state index in [2.05, 4.69) is 46.2 Å². The van der Waals surface area contributed by atoms with E-state index in [1.165, 1.54) is 54.4 Å². The van der Waals surface area contributed by atoms with E-state index in [0.717, 1.165) is 62.4 Å². The van der Waals surface area contributed by atoms with Crippen LogP contribution < -0.4 is 9.47 Å². The van der Waals surface area contributed by atoms with Crippen molar-refractivity contribution in [1.82, 2.24) is 9.80 Å². The largest absolute Gasteiger partial charge is 0.478 e. The number of rotatable bonds is 8. The molecule has 6 aliphatic rings. The van der Waals surface area contributed by atoms with Gasteiger partial charge in [-0.3, -0.25) is 9.80 Å². The monoisotopic (exact) mass is 546 g/mol. The summed E-state index contributed by atoms with van der Waals surface area (Å²) in [5.74, 6) is 5.17. The Morgan fingerprint density at radius 1 is 0.725 bits per heavy atom. The summed E-state index contributed by atoms with van der Waals surface area (Å²) in [5, 5.41) is 19.7. The Balaban J connectivity index is 1.26. The lowest BCUT2D eigenvalue weighted by Gasteiger charge is -2.62. The lowest BCUT2D eigenvalue weighted by atomic mass is 9.42. The number of aliphatic hydroxyl groups excluding tert-OH is 2. The molecular formula is C34H46N2O4. The van der Waals surface area contributed by atoms with E-state index in [1.807, 2.05) is 13.8 Å². The maximum atomic E-state index is 9.83. The normalized spacial score (nSPS) is 32.6. The predicted octanol–water partition coefficient (Wildman–Crippen LogP) is 5.27. The second-order valence-corrected chi connectivity index (χ2v) is 13.7. The first-order chi connectivity index (χ1) is 19.4. The number of benzene rings is 2. The number of fused-ring (bicyclic) bond motifs is 2. The molecule has 2 atom stereocenters. The molecule has 4 bridgehead atoms. The average Bonchev–Trinajstić information content (AvgIpc) is 2.94. The fraction of sp³-hybridized carbons (Fsp3) is 0.647. The molecule has 4 saturated carbocycles. The van der Waals surface area contributed by atoms with E-state index >= 15 is 0 Å². The smallest absolute Gasteiger partial charge is 0.142 e. The summed E-state index contributed by atoms with van der Waals surface area (Å²) in [6.45, 7) is 8.36. The van der Waals surface area contributed by atoms with Gasteiger partial charge < -0.3 is 19.7 Å². The molecule has 0 spiro atoms. The molecule has 4 fully saturated rings. The number of ether oxygens (including phenoxy) is 2. The molecule has 0 saturated heterocycles. The first-order valence-corrected chi connectivity index (χ1v) is 15.7. The van der Waals surface area contributed by atoms with Crippen molar-refractivity contribution in [3.8, 4) is 11.5 Å². The summed E-state index contributed by atoms with van der Waals surface area (Å²) in [6, 6.07) is 14.2. The van der Waals surface area contributed by atoms with Crippen LogP contribution in [0, 0.1) is 23.7 Å². The fourth-order valence-corrected chi connectivity index (χ4v) is 9.16. The number of hydrogen-bond acceptors (Lipinski definition) is 6. The van der Waals surface area contributed by atoms with Crippen LogP contribution >= 0.6 is 0 Å². The fourth-order valence-electron chi connectivity index (χ4n) is 9.16. The summed E-state index contributed by atoms with van der Waals surface area (Å²) in [5.41, 5.74) is 5.55. The minimum Gasteiger partial charge on any atom is -0.478 e. The quantitative estimate of drug-likeness (QED) is 0.470. The minimum atomic E-state index is -0.292. The van der Waals surface area contributed by atoms with Crippen LogP contribution in [-0.2, 0) is 18.5 Å². The van der Waals surface area contributed by atoms with Crippen LogP contribution in [0.15, 0.2) is 36.4 Å². The number of aliphatic hydroxyl groups is 2. The molecule has 4 aliphatic carbocycles. The van der Waals surface area contributed by atoms with Crippen LogP contribution in [0.2, 0.25) is 0 Å². The molecule has 2 aromatic rings. The summed E-state index contributed by atoms with van der Waals surface area (Å²) in [7, 11) is 0. The third-order valence-corrected chi connectivity index (χ3v) is 10.8. The Morgan fingerprint density at radius 3 is 1.60 bits per heavy atom. The van der Waals surface area contributed by atoms with Crippen molar-refractivity contribution in [3.63, 3.8) is 0 Å². The first-order valence-electron chi connectivity index (χ1n) is 15.7. The van der Waals surface area contributed by atoms with Gasteiger partial charge in [0.15, 0.2) is 0 Å². The van der Waals surface area contributed by atoms with E-state index in [-0.39, 0.29) is 17.6 Å². The number of hydrogen-bond donors (Lipinski definition) is 2. The highest BCUT2D eigenvalue weighted by molar-refractivity contribution is 5.51. The molecule has 40 heavy (non-hydrogen) atoms. The molecule has 2 N–H and O–H groups in total. The molecule has 6 nitrogen and oxygen atoms in total. The highest BCUT2D eigenvalue weighted by Gasteiger charge is 2.58. The molecule has 0 aromatic heterocycles. The summed E-state index contributed by atoms with van der Waals surface area (Å²) in [4.78, 5) is 4.64. The lowest BCUT2D eigenvalue weighted by Crippen LogP contribution is -2.56. The van der Waals surface area contributed by atoms with Crippen molar-refractivity contribution in [3.05, 3.63) is 58.7 Å². The van der Waals surface area contributed by atoms with E-state index < -0.39 is 0 Å². The summed E-state index contributed by atoms with van der Waals surface area (Å²) in [6.07, 6.45) is 7.76. The summed E-state index contributed by atoms with van der Waals surface area (Å²) < 4.78 is 12.4. The van der Waals surface area contributed by atoms with Crippen LogP contribution in [0.25, 0.3) is 0 Å². The maximum absolute atomic E-state index is 9.83. The Morgan fingerprint density at radius 2 is 1.18 bits per heavy atom. The van der Waals surface area contributed by atoms with Gasteiger partial charge in [0, 0.05) is 42.7 Å². The van der Waals surface area contributed by atoms with Crippen LogP contribution in [0.4, 0.5) is 0 Å². The SMILES string of the molecule is CC(O)CCN1COc2ccc(C3(c4ccc5c(c4)CN(CCC(C)O)CO5)C4CC5CC(C4)CC3C5)cc2C1. The van der Waals surface area contributed by atoms with Gasteiger partial charge in [-0.05, 0) is 118 Å². The van der Waals surface area contributed by atoms with Gasteiger partial charge in [0.2, 0.25) is 0 Å². The van der Waals surface area contributed by atoms with Crippen molar-refractivity contribution < 1.29 is 19.7 Å². The zero-order valence-electron chi connectivity index (χ0n) is 24.2. The third-order valence-electron chi connectivity index (χ3n) is 10.8. The topological polar surface area (TPSA) is 65.4 Å². The van der Waals surface area contributed by atoms with Crippen molar-refractivity contribution >= 4 is 0 Å². The van der Waals surface area contributed by atoms with Crippen molar-refractivity contribution in [2.24, 2.45) is 23.7 Å². The molecule has 2 aliphatic heterocycles. The molecule has 2 aromatic carbocycles. The minimum absolute atomic E-state index is 0.0290. The Bertz CT molecular complexity index is 1120. The third kappa shape index (κ3) is 4.75. The Kier molecular flexibility index (Phi) is 7.10. The van der Waals surface area contributed by atoms with Gasteiger partial charge >= 0.3 is 0 Å². The van der Waals surface area contributed by atoms with E-state index in [9.17, 15) is 10.2 Å². The highest BCUT2D eigenvalue weighted by atomic mass is 16.5. The zero-order valence-corrected chi connectivity index (χ0v) is 24.2. The second-order valence-electron chi connectivity index (χ2n) is 13.7. The Hall–Kier alpha value is -2.12. The van der Waals surface area contributed by atoms with E-state index in [1.54, 1.807) is 0 Å². The van der Waals surface area contributed by atoms with Crippen LogP contribution in [-0.4, -0.2) is 58.8 Å². The van der Waals surface area contributed by atoms with Crippen molar-refractivity contribution in [1.29, 1.82) is 0 Å². The van der Waals surface area contributed by atoms with Gasteiger partial charge in [0.25, 0.3) is 0 Å². The zero-order chi connectivity index (χ0) is 27.4. The second kappa shape index (κ2) is 10.6. The average molecular weight is 547 g/mol. The van der Waals surface area contributed by atoms with Crippen molar-refractivity contribution in [2.75, 3.05) is 26.6 Å². The molecule has 2 heterocycles. The molecule has 0 amide bonds. The van der Waals surface area contributed by atoms with Gasteiger partial charge in [-0.1, -0.05) is 12.1 Å². The van der Waals surface area contributed by atoms with Crippen LogP contribution in [0.5, 0.6) is 11.5 Å². The molecule has 2 unspecified atom stereocenters. The van der Waals surface area contributed by atoms with Crippen LogP contribution in [0.1, 0.15) is 81.0 Å². The van der Waals surface area contributed by atoms with Gasteiger partial charge in [-0.15, -0.1) is 0 Å². The predicted molar refractivity (Wildman–Crippen MR) is 155 cm³/mol. The van der Waals surface area contributed by atoms with E-state index in [0.29, 0.717) is 25.3 Å². The maximum Gasteiger partial charge on any atom is 0.142 e.